The van der Waals surface area contributed by atoms with Gasteiger partial charge in [0.2, 0.25) is 0 Å². The van der Waals surface area contributed by atoms with Gasteiger partial charge in [-0.1, -0.05) is 20.3 Å². The summed E-state index contributed by atoms with van der Waals surface area (Å²) in [5.74, 6) is 1.10. The summed E-state index contributed by atoms with van der Waals surface area (Å²) in [5, 5.41) is 4.58. The highest BCUT2D eigenvalue weighted by Crippen LogP contribution is 2.28. The molecule has 2 N–H and O–H groups in total. The smallest absolute Gasteiger partial charge is 0.150 e. The summed E-state index contributed by atoms with van der Waals surface area (Å²) >= 11 is 0. The fourth-order valence-electron chi connectivity index (χ4n) is 3.04. The van der Waals surface area contributed by atoms with E-state index < -0.39 is 0 Å². The van der Waals surface area contributed by atoms with Crippen molar-refractivity contribution in [2.75, 3.05) is 36.8 Å². The molecule has 0 aromatic carbocycles. The lowest BCUT2D eigenvalue weighted by Crippen LogP contribution is -2.52. The second-order valence-corrected chi connectivity index (χ2v) is 5.48. The molecule has 1 aliphatic heterocycles. The fraction of sp³-hybridized carbons (Fsp3) is 0.786. The Morgan fingerprint density at radius 2 is 2.05 bits per heavy atom. The quantitative estimate of drug-likeness (QED) is 0.896. The molecule has 0 bridgehead atoms. The Morgan fingerprint density at radius 1 is 1.32 bits per heavy atom. The molecule has 1 fully saturated rings. The largest absolute Gasteiger partial charge is 0.394 e. The molecule has 1 aromatic rings. The molecule has 5 nitrogen and oxygen atoms in total. The third-order valence-electron chi connectivity index (χ3n) is 4.09. The summed E-state index contributed by atoms with van der Waals surface area (Å²) < 4.78 is 1.95. The van der Waals surface area contributed by atoms with E-state index in [1.807, 2.05) is 11.7 Å². The molecule has 0 saturated carbocycles. The minimum atomic E-state index is 0.572. The zero-order valence-electron chi connectivity index (χ0n) is 12.7. The number of anilines is 2. The van der Waals surface area contributed by atoms with Crippen LogP contribution < -0.4 is 10.6 Å². The summed E-state index contributed by atoms with van der Waals surface area (Å²) in [4.78, 5) is 4.90. The van der Waals surface area contributed by atoms with Crippen LogP contribution in [0.4, 0.5) is 11.5 Å². The third-order valence-corrected chi connectivity index (χ3v) is 4.09. The van der Waals surface area contributed by atoms with E-state index in [1.165, 1.54) is 0 Å². The van der Waals surface area contributed by atoms with E-state index >= 15 is 0 Å². The topological polar surface area (TPSA) is 50.3 Å². The number of rotatable bonds is 4. The fourth-order valence-corrected chi connectivity index (χ4v) is 3.04. The number of hydrogen-bond donors (Lipinski definition) is 1. The van der Waals surface area contributed by atoms with Crippen molar-refractivity contribution in [3.05, 3.63) is 5.69 Å². The van der Waals surface area contributed by atoms with Gasteiger partial charge in [0.1, 0.15) is 0 Å². The van der Waals surface area contributed by atoms with Crippen molar-refractivity contribution in [3.8, 4) is 0 Å². The standard InChI is InChI=1S/C14H27N5/c1-5-7-12-13(15)14(17(4)16-12)19-9-8-18(6-2)11(3)10-19/h11H,5-10,15H2,1-4H3. The maximum absolute atomic E-state index is 6.30. The number of aromatic nitrogens is 2. The van der Waals surface area contributed by atoms with E-state index in [1.54, 1.807) is 0 Å². The Bertz CT molecular complexity index is 426. The molecule has 1 saturated heterocycles. The molecule has 1 aromatic heterocycles. The normalized spacial score (nSPS) is 21.1. The predicted octanol–water partition coefficient (Wildman–Crippen LogP) is 1.49. The van der Waals surface area contributed by atoms with Crippen LogP contribution in [0.25, 0.3) is 0 Å². The van der Waals surface area contributed by atoms with E-state index in [2.05, 4.69) is 35.7 Å². The average Bonchev–Trinajstić information content (AvgIpc) is 2.65. The van der Waals surface area contributed by atoms with Gasteiger partial charge in [0.25, 0.3) is 0 Å². The summed E-state index contributed by atoms with van der Waals surface area (Å²) in [6.45, 7) is 11.0. The molecule has 19 heavy (non-hydrogen) atoms. The van der Waals surface area contributed by atoms with Gasteiger partial charge in [-0.2, -0.15) is 5.10 Å². The molecule has 0 aliphatic carbocycles. The molecule has 1 unspecified atom stereocenters. The van der Waals surface area contributed by atoms with Crippen molar-refractivity contribution in [2.45, 2.75) is 39.7 Å². The van der Waals surface area contributed by atoms with Gasteiger partial charge in [0, 0.05) is 32.7 Å². The van der Waals surface area contributed by atoms with E-state index in [0.717, 1.165) is 56.2 Å². The number of hydrogen-bond acceptors (Lipinski definition) is 4. The van der Waals surface area contributed by atoms with Crippen molar-refractivity contribution in [2.24, 2.45) is 7.05 Å². The second-order valence-electron chi connectivity index (χ2n) is 5.48. The Labute approximate surface area is 116 Å². The number of piperazine rings is 1. The summed E-state index contributed by atoms with van der Waals surface area (Å²) in [5.41, 5.74) is 8.22. The monoisotopic (exact) mass is 265 g/mol. The Kier molecular flexibility index (Phi) is 4.34. The Hall–Kier alpha value is -1.23. The maximum Gasteiger partial charge on any atom is 0.150 e. The first-order chi connectivity index (χ1) is 9.08. The number of nitrogens with zero attached hydrogens (tertiary/aromatic N) is 4. The van der Waals surface area contributed by atoms with E-state index in [0.29, 0.717) is 6.04 Å². The SMILES string of the molecule is CCCc1nn(C)c(N2CCN(CC)C(C)C2)c1N. The van der Waals surface area contributed by atoms with E-state index in [-0.39, 0.29) is 0 Å². The van der Waals surface area contributed by atoms with Crippen molar-refractivity contribution in [1.29, 1.82) is 0 Å². The third kappa shape index (κ3) is 2.71. The Morgan fingerprint density at radius 3 is 2.63 bits per heavy atom. The molecule has 2 rings (SSSR count). The second kappa shape index (κ2) is 5.82. The first-order valence-corrected chi connectivity index (χ1v) is 7.38. The molecule has 5 heteroatoms. The van der Waals surface area contributed by atoms with Gasteiger partial charge in [-0.25, -0.2) is 0 Å². The van der Waals surface area contributed by atoms with Gasteiger partial charge in [-0.05, 0) is 19.9 Å². The molecule has 2 heterocycles. The molecule has 108 valence electrons. The van der Waals surface area contributed by atoms with Crippen LogP contribution in [0.2, 0.25) is 0 Å². The van der Waals surface area contributed by atoms with Gasteiger partial charge in [0.15, 0.2) is 5.82 Å². The van der Waals surface area contributed by atoms with Crippen LogP contribution in [-0.2, 0) is 13.5 Å². The highest BCUT2D eigenvalue weighted by molar-refractivity contribution is 5.66. The minimum Gasteiger partial charge on any atom is -0.394 e. The zero-order chi connectivity index (χ0) is 14.0. The molecule has 1 atom stereocenters. The van der Waals surface area contributed by atoms with E-state index in [4.69, 9.17) is 5.73 Å². The first-order valence-electron chi connectivity index (χ1n) is 7.38. The summed E-state index contributed by atoms with van der Waals surface area (Å²) in [7, 11) is 2.00. The van der Waals surface area contributed by atoms with Crippen LogP contribution in [0, 0.1) is 0 Å². The number of aryl methyl sites for hydroxylation is 2. The van der Waals surface area contributed by atoms with Crippen LogP contribution in [0.15, 0.2) is 0 Å². The lowest BCUT2D eigenvalue weighted by molar-refractivity contribution is 0.198. The van der Waals surface area contributed by atoms with Crippen LogP contribution in [0.1, 0.15) is 32.9 Å². The molecular weight excluding hydrogens is 238 g/mol. The van der Waals surface area contributed by atoms with E-state index in [9.17, 15) is 0 Å². The van der Waals surface area contributed by atoms with Crippen molar-refractivity contribution in [1.82, 2.24) is 14.7 Å². The highest BCUT2D eigenvalue weighted by Gasteiger charge is 2.26. The summed E-state index contributed by atoms with van der Waals surface area (Å²) in [6.07, 6.45) is 2.05. The highest BCUT2D eigenvalue weighted by atomic mass is 15.4. The van der Waals surface area contributed by atoms with Crippen molar-refractivity contribution >= 4 is 11.5 Å². The average molecular weight is 265 g/mol. The Balaban J connectivity index is 2.18. The van der Waals surface area contributed by atoms with Crippen molar-refractivity contribution < 1.29 is 0 Å². The number of nitrogen functional groups attached to an aromatic ring is 1. The molecule has 1 aliphatic rings. The molecule has 0 amide bonds. The maximum atomic E-state index is 6.30. The minimum absolute atomic E-state index is 0.572. The molecular formula is C14H27N5. The van der Waals surface area contributed by atoms with Gasteiger partial charge in [0.05, 0.1) is 11.4 Å². The molecule has 0 spiro atoms. The van der Waals surface area contributed by atoms with Gasteiger partial charge in [-0.15, -0.1) is 0 Å². The van der Waals surface area contributed by atoms with Crippen LogP contribution >= 0.6 is 0 Å². The first kappa shape index (κ1) is 14.2. The summed E-state index contributed by atoms with van der Waals surface area (Å²) in [6, 6.07) is 0.572. The lowest BCUT2D eigenvalue weighted by atomic mass is 10.1. The number of likely N-dealkylation sites (N-methyl/N-ethyl adjacent to an activating group) is 1. The number of nitrogens with two attached hydrogens (primary N) is 1. The van der Waals surface area contributed by atoms with Gasteiger partial charge < -0.3 is 10.6 Å². The predicted molar refractivity (Wildman–Crippen MR) is 80.5 cm³/mol. The van der Waals surface area contributed by atoms with Crippen LogP contribution in [0.3, 0.4) is 0 Å². The van der Waals surface area contributed by atoms with Crippen molar-refractivity contribution in [3.63, 3.8) is 0 Å². The lowest BCUT2D eigenvalue weighted by Gasteiger charge is -2.40. The van der Waals surface area contributed by atoms with Gasteiger partial charge in [-0.3, -0.25) is 9.58 Å². The molecule has 0 radical (unpaired) electrons. The van der Waals surface area contributed by atoms with Crippen LogP contribution in [-0.4, -0.2) is 46.9 Å². The zero-order valence-corrected chi connectivity index (χ0v) is 12.7. The van der Waals surface area contributed by atoms with Crippen LogP contribution in [0.5, 0.6) is 0 Å². The van der Waals surface area contributed by atoms with Gasteiger partial charge >= 0.3 is 0 Å².